The molecule has 0 fully saturated rings. The van der Waals surface area contributed by atoms with Crippen LogP contribution in [0, 0.1) is 6.07 Å². The minimum atomic E-state index is -0.0742. The molecular weight excluding hydrogens is 1780 g/mol. The molecule has 0 N–H and O–H groups in total. The summed E-state index contributed by atoms with van der Waals surface area (Å²) in [4.78, 5) is 11.3. The zero-order valence-corrected chi connectivity index (χ0v) is 78.8. The van der Waals surface area contributed by atoms with E-state index in [1.54, 1.807) is 6.20 Å². The van der Waals surface area contributed by atoms with Gasteiger partial charge in [0.1, 0.15) is 5.58 Å². The molecule has 2 aliphatic rings. The number of pyridine rings is 1. The average Bonchev–Trinajstić information content (AvgIpc) is 1.32. The smallest absolute Gasteiger partial charge is 1.00 e. The molecule has 9 heteroatoms. The molecule has 0 radical (unpaired) electrons. The van der Waals surface area contributed by atoms with Gasteiger partial charge in [-0.2, -0.15) is 24.3 Å². The van der Waals surface area contributed by atoms with Gasteiger partial charge in [0.15, 0.2) is 5.58 Å². The van der Waals surface area contributed by atoms with E-state index in [0.717, 1.165) is 109 Å². The maximum atomic E-state index is 6.94. The number of furan rings is 1. The molecule has 0 saturated heterocycles. The van der Waals surface area contributed by atoms with Crippen LogP contribution in [0.15, 0.2) is 487 Å². The van der Waals surface area contributed by atoms with Crippen molar-refractivity contribution in [3.63, 3.8) is 0 Å². The van der Waals surface area contributed by atoms with Gasteiger partial charge in [0, 0.05) is 105 Å². The fourth-order valence-corrected chi connectivity index (χ4v) is 21.1. The van der Waals surface area contributed by atoms with E-state index in [0.29, 0.717) is 0 Å². The van der Waals surface area contributed by atoms with Gasteiger partial charge in [-0.05, 0) is 275 Å². The number of rotatable bonds is 15. The number of hydrogen-bond acceptors (Lipinski definition) is 5. The van der Waals surface area contributed by atoms with E-state index >= 15 is 0 Å². The standard InChI is InChI=1S/C46H36N.C42H29BrN2.C39H25BrN2O.Be.H/c1-45(2)40-17-9-7-15-36(40)38-26-22-32(28-42(38)45)30-20-23-33(24-21-30)47(44-19-11-13-31-12-5-6-14-35(31)44)34-25-27-39-37-16-8-10-18-41(37)46(3,4)43(39)29-34;43-34-22-16-30(17-23-34)32-20-26-41-39(28-32)40-29-33(21-27-42(40)45(41)37-14-8-3-9-15-37)31-18-24-38(25-19-31)44(35-10-4-1-5-11-35)36-12-6-2-7-13-36;40-30-17-12-28(13-18-30)33-22-23-36(39-37(33)35-21-16-27-7-4-5-11-34(27)38(35)43-39)42(31-9-2-1-3-10-31)32-19-14-26(15-20-32)29-8-6-24-41-25-29;;/h5-8,10-29H,1-4H3;1-29H;1-25H;;/q-1;;;+2;-1. The van der Waals surface area contributed by atoms with Crippen molar-refractivity contribution >= 4 is 158 Å². The van der Waals surface area contributed by atoms with E-state index in [9.17, 15) is 0 Å². The number of benzene rings is 20. The van der Waals surface area contributed by atoms with E-state index in [2.05, 4.69) is 533 Å². The first-order valence-corrected chi connectivity index (χ1v) is 47.6. The topological polar surface area (TPSA) is 40.7 Å². The normalized spacial score (nSPS) is 12.4. The second-order valence-electron chi connectivity index (χ2n) is 35.9. The fraction of sp³-hybridized carbons (Fsp3) is 0.0472. The summed E-state index contributed by atoms with van der Waals surface area (Å²) in [5.74, 6) is 0. The summed E-state index contributed by atoms with van der Waals surface area (Å²) in [6, 6.07) is 169. The maximum absolute atomic E-state index is 6.94. The Kier molecular flexibility index (Phi) is 22.6. The first-order valence-electron chi connectivity index (χ1n) is 46.0. The SMILES string of the molecule is Brc1ccc(-c2ccc(N(c3ccccc3)c3ccc(-c4cccnc4)cc3)c3oc4c5ccccc5ccc4c23)cc1.Brc1ccc(-c2ccc3c(c2)c2cc(-c4ccc(N(c5ccccc5)c5ccccc5)cc4)ccc2n3-c2ccccc2)cc1.CC1(C)c2c[c-]ccc2-c2ccc(-c3ccc(N(c4ccc5c(c4)C(C)(C)c4ccccc4-5)c4cccc5ccccc45)cc3)cc21.[Be+2].[H-]. The minimum absolute atomic E-state index is 0. The molecule has 25 rings (SSSR count). The molecule has 0 atom stereocenters. The average molecular weight is 1870 g/mol. The maximum Gasteiger partial charge on any atom is 2.00 e. The first-order chi connectivity index (χ1) is 66.3. The molecule has 136 heavy (non-hydrogen) atoms. The van der Waals surface area contributed by atoms with Crippen LogP contribution in [-0.2, 0) is 10.8 Å². The zero-order valence-electron chi connectivity index (χ0n) is 76.6. The molecule has 0 amide bonds. The zero-order chi connectivity index (χ0) is 90.8. The summed E-state index contributed by atoms with van der Waals surface area (Å²) in [6.45, 7) is 9.37. The van der Waals surface area contributed by atoms with Gasteiger partial charge in [0.2, 0.25) is 0 Å². The molecule has 0 spiro atoms. The predicted octanol–water partition coefficient (Wildman–Crippen LogP) is 36.2. The molecule has 6 nitrogen and oxygen atoms in total. The number of fused-ring (bicyclic) bond motifs is 15. The van der Waals surface area contributed by atoms with Gasteiger partial charge >= 0.3 is 10.1 Å². The Morgan fingerprint density at radius 2 is 0.721 bits per heavy atom. The molecule has 0 bridgehead atoms. The Labute approximate surface area is 815 Å². The summed E-state index contributed by atoms with van der Waals surface area (Å²) < 4.78 is 11.5. The van der Waals surface area contributed by atoms with Crippen LogP contribution < -0.4 is 14.7 Å². The van der Waals surface area contributed by atoms with E-state index in [-0.39, 0.29) is 22.4 Å². The third-order valence-electron chi connectivity index (χ3n) is 27.3. The van der Waals surface area contributed by atoms with Crippen LogP contribution in [0.2, 0.25) is 0 Å². The van der Waals surface area contributed by atoms with E-state index in [1.165, 1.54) is 122 Å². The fourth-order valence-electron chi connectivity index (χ4n) is 20.5. The van der Waals surface area contributed by atoms with Crippen LogP contribution >= 0.6 is 31.9 Å². The Bertz CT molecular complexity index is 8360. The van der Waals surface area contributed by atoms with Crippen molar-refractivity contribution in [1.82, 2.24) is 9.55 Å². The van der Waals surface area contributed by atoms with Gasteiger partial charge < -0.3 is 25.1 Å². The quantitative estimate of drug-likeness (QED) is 0.0756. The number of anilines is 9. The predicted molar refractivity (Wildman–Crippen MR) is 581 cm³/mol. The van der Waals surface area contributed by atoms with Gasteiger partial charge in [0.05, 0.1) is 22.4 Å². The van der Waals surface area contributed by atoms with Gasteiger partial charge in [-0.25, -0.2) is 0 Å². The second kappa shape index (κ2) is 36.0. The van der Waals surface area contributed by atoms with Crippen molar-refractivity contribution in [2.75, 3.05) is 14.7 Å². The largest absolute Gasteiger partial charge is 2.00 e. The van der Waals surface area contributed by atoms with Crippen molar-refractivity contribution in [3.05, 3.63) is 511 Å². The van der Waals surface area contributed by atoms with Crippen molar-refractivity contribution in [3.8, 4) is 83.6 Å². The molecule has 646 valence electrons. The van der Waals surface area contributed by atoms with Crippen molar-refractivity contribution in [2.45, 2.75) is 38.5 Å². The summed E-state index contributed by atoms with van der Waals surface area (Å²) >= 11 is 7.18. The van der Waals surface area contributed by atoms with Crippen LogP contribution in [0.3, 0.4) is 0 Å². The summed E-state index contributed by atoms with van der Waals surface area (Å²) in [7, 11) is 0. The number of hydrogen-bond donors (Lipinski definition) is 0. The van der Waals surface area contributed by atoms with Crippen LogP contribution in [-0.4, -0.2) is 19.7 Å². The summed E-state index contributed by atoms with van der Waals surface area (Å²) in [5.41, 5.74) is 37.7. The van der Waals surface area contributed by atoms with Crippen molar-refractivity contribution < 1.29 is 5.84 Å². The van der Waals surface area contributed by atoms with Gasteiger partial charge in [-0.1, -0.05) is 333 Å². The number of para-hydroxylation sites is 4. The van der Waals surface area contributed by atoms with Crippen LogP contribution in [0.1, 0.15) is 51.4 Å². The molecule has 20 aromatic carbocycles. The van der Waals surface area contributed by atoms with Crippen LogP contribution in [0.4, 0.5) is 51.2 Å². The third kappa shape index (κ3) is 15.6. The summed E-state index contributed by atoms with van der Waals surface area (Å²) in [5, 5.41) is 9.43. The number of aromatic nitrogens is 2. The van der Waals surface area contributed by atoms with Gasteiger partial charge in [0.25, 0.3) is 0 Å². The molecule has 0 aliphatic heterocycles. The monoisotopic (exact) mass is 1870 g/mol. The molecule has 0 saturated carbocycles. The summed E-state index contributed by atoms with van der Waals surface area (Å²) in [6.07, 6.45) is 3.70. The molecule has 3 heterocycles. The number of halogens is 2. The Morgan fingerprint density at radius 1 is 0.287 bits per heavy atom. The van der Waals surface area contributed by atoms with Crippen LogP contribution in [0.25, 0.3) is 149 Å². The minimum Gasteiger partial charge on any atom is -1.00 e. The van der Waals surface area contributed by atoms with E-state index < -0.39 is 0 Å². The van der Waals surface area contributed by atoms with Gasteiger partial charge in [-0.3, -0.25) is 4.98 Å². The second-order valence-corrected chi connectivity index (χ2v) is 37.7. The molecule has 2 aliphatic carbocycles. The Hall–Kier alpha value is -15.8. The van der Waals surface area contributed by atoms with E-state index in [1.807, 2.05) is 24.4 Å². The molecule has 3 aromatic heterocycles. The Balaban J connectivity index is 0.000000122. The van der Waals surface area contributed by atoms with Crippen molar-refractivity contribution in [1.29, 1.82) is 0 Å². The molecule has 0 unspecified atom stereocenters. The molecule has 23 aromatic rings. The molecular formula is C127H91BeBr2N5O. The Morgan fingerprint density at radius 3 is 1.32 bits per heavy atom. The van der Waals surface area contributed by atoms with Gasteiger partial charge in [-0.15, -0.1) is 11.1 Å². The first kappa shape index (κ1) is 85.7. The third-order valence-corrected chi connectivity index (χ3v) is 28.3. The van der Waals surface area contributed by atoms with Crippen LogP contribution in [0.5, 0.6) is 0 Å². The number of nitrogens with zero attached hydrogens (tertiary/aromatic N) is 5. The van der Waals surface area contributed by atoms with E-state index in [4.69, 9.17) is 4.42 Å². The van der Waals surface area contributed by atoms with Crippen molar-refractivity contribution in [2.24, 2.45) is 0 Å².